The molecule has 3 heteroatoms. The molecule has 0 amide bonds. The van der Waals surface area contributed by atoms with E-state index in [-0.39, 0.29) is 0 Å². The summed E-state index contributed by atoms with van der Waals surface area (Å²) in [5.41, 5.74) is 2.57. The van der Waals surface area contributed by atoms with Crippen LogP contribution in [0.4, 0.5) is 11.4 Å². The number of halogens is 1. The highest BCUT2D eigenvalue weighted by molar-refractivity contribution is 6.30. The molecule has 0 heterocycles. The molecule has 0 aliphatic heterocycles. The summed E-state index contributed by atoms with van der Waals surface area (Å²) < 4.78 is 0. The normalized spacial score (nSPS) is 9.81. The topological polar surface area (TPSA) is 29.1 Å². The lowest BCUT2D eigenvalue weighted by atomic mass is 10.2. The Labute approximate surface area is 98.9 Å². The Morgan fingerprint density at radius 1 is 0.875 bits per heavy atom. The first-order chi connectivity index (χ1) is 7.78. The summed E-state index contributed by atoms with van der Waals surface area (Å²) >= 11 is 5.79. The third-order valence-electron chi connectivity index (χ3n) is 2.18. The van der Waals surface area contributed by atoms with Gasteiger partial charge in [-0.3, -0.25) is 4.79 Å². The zero-order chi connectivity index (χ0) is 11.4. The molecular formula is C13H10ClNO. The van der Waals surface area contributed by atoms with Gasteiger partial charge in [0, 0.05) is 22.0 Å². The Bertz CT molecular complexity index is 476. The van der Waals surface area contributed by atoms with Gasteiger partial charge in [0.05, 0.1) is 0 Å². The fraction of sp³-hybridized carbons (Fsp3) is 0. The predicted molar refractivity (Wildman–Crippen MR) is 66.6 cm³/mol. The van der Waals surface area contributed by atoms with Crippen LogP contribution in [-0.2, 0) is 0 Å². The number of nitrogens with one attached hydrogen (secondary N) is 1. The van der Waals surface area contributed by atoms with Crippen molar-refractivity contribution in [2.45, 2.75) is 0 Å². The van der Waals surface area contributed by atoms with Crippen LogP contribution in [0.2, 0.25) is 5.02 Å². The van der Waals surface area contributed by atoms with Gasteiger partial charge in [0.1, 0.15) is 6.29 Å². The lowest BCUT2D eigenvalue weighted by Crippen LogP contribution is -1.90. The summed E-state index contributed by atoms with van der Waals surface area (Å²) in [4.78, 5) is 10.5. The van der Waals surface area contributed by atoms with Crippen molar-refractivity contribution in [3.8, 4) is 0 Å². The smallest absolute Gasteiger partial charge is 0.150 e. The van der Waals surface area contributed by atoms with E-state index in [1.807, 2.05) is 36.4 Å². The molecule has 0 spiro atoms. The monoisotopic (exact) mass is 231 g/mol. The van der Waals surface area contributed by atoms with Gasteiger partial charge >= 0.3 is 0 Å². The van der Waals surface area contributed by atoms with Crippen molar-refractivity contribution in [2.75, 3.05) is 5.32 Å². The number of hydrogen-bond acceptors (Lipinski definition) is 2. The maximum atomic E-state index is 10.5. The summed E-state index contributed by atoms with van der Waals surface area (Å²) in [7, 11) is 0. The second-order valence-electron chi connectivity index (χ2n) is 3.37. The van der Waals surface area contributed by atoms with Crippen molar-refractivity contribution < 1.29 is 4.79 Å². The maximum absolute atomic E-state index is 10.5. The number of aldehydes is 1. The summed E-state index contributed by atoms with van der Waals surface area (Å²) in [6.07, 6.45) is 0.825. The lowest BCUT2D eigenvalue weighted by Gasteiger charge is -2.06. The standard InChI is InChI=1S/C13H10ClNO/c14-11-3-7-13(8-4-11)15-12-5-1-10(9-16)2-6-12/h1-9,15H. The highest BCUT2D eigenvalue weighted by Crippen LogP contribution is 2.18. The summed E-state index contributed by atoms with van der Waals surface area (Å²) in [5.74, 6) is 0. The molecule has 80 valence electrons. The second kappa shape index (κ2) is 4.81. The van der Waals surface area contributed by atoms with Gasteiger partial charge in [0.25, 0.3) is 0 Å². The van der Waals surface area contributed by atoms with Crippen molar-refractivity contribution in [3.63, 3.8) is 0 Å². The first-order valence-corrected chi connectivity index (χ1v) is 5.23. The molecule has 0 saturated carbocycles. The summed E-state index contributed by atoms with van der Waals surface area (Å²) in [5, 5.41) is 3.92. The average Bonchev–Trinajstić information content (AvgIpc) is 2.33. The quantitative estimate of drug-likeness (QED) is 0.812. The Morgan fingerprint density at radius 2 is 1.38 bits per heavy atom. The number of carbonyl (C=O) groups excluding carboxylic acids is 1. The number of benzene rings is 2. The minimum Gasteiger partial charge on any atom is -0.356 e. The fourth-order valence-corrected chi connectivity index (χ4v) is 1.47. The van der Waals surface area contributed by atoms with E-state index in [0.717, 1.165) is 17.7 Å². The molecular weight excluding hydrogens is 222 g/mol. The number of carbonyl (C=O) groups is 1. The Hall–Kier alpha value is -1.80. The first kappa shape index (κ1) is 10.7. The highest BCUT2D eigenvalue weighted by atomic mass is 35.5. The molecule has 0 unspecified atom stereocenters. The van der Waals surface area contributed by atoms with Crippen LogP contribution in [0.5, 0.6) is 0 Å². The molecule has 0 bridgehead atoms. The molecule has 0 atom stereocenters. The van der Waals surface area contributed by atoms with Gasteiger partial charge in [0.2, 0.25) is 0 Å². The van der Waals surface area contributed by atoms with Crippen LogP contribution in [0.1, 0.15) is 10.4 Å². The number of anilines is 2. The van der Waals surface area contributed by atoms with E-state index in [1.165, 1.54) is 0 Å². The van der Waals surface area contributed by atoms with Crippen LogP contribution in [0.15, 0.2) is 48.5 Å². The van der Waals surface area contributed by atoms with Crippen LogP contribution >= 0.6 is 11.6 Å². The molecule has 1 N–H and O–H groups in total. The van der Waals surface area contributed by atoms with E-state index in [9.17, 15) is 4.79 Å². The van der Waals surface area contributed by atoms with Crippen LogP contribution in [0.3, 0.4) is 0 Å². The molecule has 0 aromatic heterocycles. The van der Waals surface area contributed by atoms with Crippen LogP contribution in [0, 0.1) is 0 Å². The SMILES string of the molecule is O=Cc1ccc(Nc2ccc(Cl)cc2)cc1. The minimum absolute atomic E-state index is 0.668. The van der Waals surface area contributed by atoms with E-state index in [4.69, 9.17) is 11.6 Å². The van der Waals surface area contributed by atoms with E-state index in [0.29, 0.717) is 10.6 Å². The van der Waals surface area contributed by atoms with E-state index in [2.05, 4.69) is 5.32 Å². The van der Waals surface area contributed by atoms with E-state index in [1.54, 1.807) is 12.1 Å². The average molecular weight is 232 g/mol. The second-order valence-corrected chi connectivity index (χ2v) is 3.81. The van der Waals surface area contributed by atoms with Crippen LogP contribution < -0.4 is 5.32 Å². The Balaban J connectivity index is 2.14. The molecule has 2 aromatic carbocycles. The van der Waals surface area contributed by atoms with Gasteiger partial charge in [0.15, 0.2) is 0 Å². The fourth-order valence-electron chi connectivity index (χ4n) is 1.34. The zero-order valence-electron chi connectivity index (χ0n) is 8.48. The van der Waals surface area contributed by atoms with Gasteiger partial charge in [-0.2, -0.15) is 0 Å². The van der Waals surface area contributed by atoms with Gasteiger partial charge < -0.3 is 5.32 Å². The van der Waals surface area contributed by atoms with Gasteiger partial charge in [-0.25, -0.2) is 0 Å². The molecule has 0 aliphatic rings. The van der Waals surface area contributed by atoms with Gasteiger partial charge in [-0.05, 0) is 48.5 Å². The molecule has 2 aromatic rings. The third kappa shape index (κ3) is 2.61. The highest BCUT2D eigenvalue weighted by Gasteiger charge is 1.95. The van der Waals surface area contributed by atoms with Crippen molar-refractivity contribution >= 4 is 29.3 Å². The van der Waals surface area contributed by atoms with Crippen molar-refractivity contribution in [2.24, 2.45) is 0 Å². The maximum Gasteiger partial charge on any atom is 0.150 e. The first-order valence-electron chi connectivity index (χ1n) is 4.86. The van der Waals surface area contributed by atoms with Crippen molar-refractivity contribution in [1.29, 1.82) is 0 Å². The predicted octanol–water partition coefficient (Wildman–Crippen LogP) is 3.90. The van der Waals surface area contributed by atoms with Crippen LogP contribution in [0.25, 0.3) is 0 Å². The van der Waals surface area contributed by atoms with Gasteiger partial charge in [-0.15, -0.1) is 0 Å². The minimum atomic E-state index is 0.668. The molecule has 0 radical (unpaired) electrons. The molecule has 16 heavy (non-hydrogen) atoms. The molecule has 2 nitrogen and oxygen atoms in total. The van der Waals surface area contributed by atoms with Gasteiger partial charge in [-0.1, -0.05) is 11.6 Å². The number of hydrogen-bond donors (Lipinski definition) is 1. The van der Waals surface area contributed by atoms with Crippen molar-refractivity contribution in [1.82, 2.24) is 0 Å². The van der Waals surface area contributed by atoms with Crippen molar-refractivity contribution in [3.05, 3.63) is 59.1 Å². The Kier molecular flexibility index (Phi) is 3.22. The van der Waals surface area contributed by atoms with Crippen LogP contribution in [-0.4, -0.2) is 6.29 Å². The third-order valence-corrected chi connectivity index (χ3v) is 2.43. The van der Waals surface area contributed by atoms with E-state index >= 15 is 0 Å². The Morgan fingerprint density at radius 3 is 1.88 bits per heavy atom. The molecule has 0 aliphatic carbocycles. The zero-order valence-corrected chi connectivity index (χ0v) is 9.24. The number of rotatable bonds is 3. The lowest BCUT2D eigenvalue weighted by molar-refractivity contribution is 0.112. The van der Waals surface area contributed by atoms with E-state index < -0.39 is 0 Å². The molecule has 0 fully saturated rings. The largest absolute Gasteiger partial charge is 0.356 e. The molecule has 2 rings (SSSR count). The molecule has 0 saturated heterocycles. The summed E-state index contributed by atoms with van der Waals surface area (Å²) in [6.45, 7) is 0. The summed E-state index contributed by atoms with van der Waals surface area (Å²) in [6, 6.07) is 14.7.